The molecule has 0 unspecified atom stereocenters. The monoisotopic (exact) mass is 348 g/mol. The van der Waals surface area contributed by atoms with Gasteiger partial charge in [0, 0.05) is 32.2 Å². The number of aryl methyl sites for hydroxylation is 2. The molecule has 5 nitrogen and oxygen atoms in total. The fourth-order valence-corrected chi connectivity index (χ4v) is 3.46. The van der Waals surface area contributed by atoms with Crippen molar-refractivity contribution in [1.82, 2.24) is 9.80 Å². The molecule has 140 valence electrons. The van der Waals surface area contributed by atoms with E-state index >= 15 is 0 Å². The maximum atomic E-state index is 12.6. The van der Waals surface area contributed by atoms with Gasteiger partial charge in [-0.2, -0.15) is 0 Å². The highest BCUT2D eigenvalue weighted by Crippen LogP contribution is 2.27. The second-order valence-electron chi connectivity index (χ2n) is 7.30. The van der Waals surface area contributed by atoms with Crippen LogP contribution in [0.5, 0.6) is 5.75 Å². The van der Waals surface area contributed by atoms with E-state index in [1.807, 2.05) is 31.7 Å². The summed E-state index contributed by atoms with van der Waals surface area (Å²) < 4.78 is 5.86. The van der Waals surface area contributed by atoms with E-state index in [0.29, 0.717) is 19.0 Å². The molecule has 0 spiro atoms. The third kappa shape index (κ3) is 4.73. The maximum Gasteiger partial charge on any atom is 0.260 e. The zero-order chi connectivity index (χ0) is 18.6. The number of aliphatic hydroxyl groups excluding tert-OH is 1. The summed E-state index contributed by atoms with van der Waals surface area (Å²) >= 11 is 0. The first-order valence-corrected chi connectivity index (χ1v) is 9.14. The summed E-state index contributed by atoms with van der Waals surface area (Å²) in [6.45, 7) is 11.6. The summed E-state index contributed by atoms with van der Waals surface area (Å²) in [6.07, 6.45) is 0. The third-order valence-corrected chi connectivity index (χ3v) is 5.46. The van der Waals surface area contributed by atoms with E-state index in [4.69, 9.17) is 4.74 Å². The van der Waals surface area contributed by atoms with Crippen LogP contribution >= 0.6 is 0 Å². The fraction of sp³-hybridized carbons (Fsp3) is 0.650. The minimum atomic E-state index is 0.000377. The van der Waals surface area contributed by atoms with Crippen molar-refractivity contribution in [2.45, 2.75) is 27.7 Å². The maximum absolute atomic E-state index is 12.6. The predicted octanol–water partition coefficient (Wildman–Crippen LogP) is 2.01. The number of aliphatic hydroxyl groups is 1. The van der Waals surface area contributed by atoms with Crippen molar-refractivity contribution in [3.63, 3.8) is 0 Å². The van der Waals surface area contributed by atoms with Crippen LogP contribution in [0.1, 0.15) is 23.6 Å². The minimum Gasteiger partial charge on any atom is -0.483 e. The number of rotatable bonds is 7. The van der Waals surface area contributed by atoms with Crippen molar-refractivity contribution < 1.29 is 14.6 Å². The van der Waals surface area contributed by atoms with Crippen LogP contribution in [0.4, 0.5) is 0 Å². The second-order valence-corrected chi connectivity index (χ2v) is 7.30. The van der Waals surface area contributed by atoms with Gasteiger partial charge in [-0.25, -0.2) is 0 Å². The number of ether oxygens (including phenoxy) is 1. The van der Waals surface area contributed by atoms with Gasteiger partial charge in [0.1, 0.15) is 5.75 Å². The van der Waals surface area contributed by atoms with E-state index in [2.05, 4.69) is 24.9 Å². The van der Waals surface area contributed by atoms with Gasteiger partial charge in [-0.05, 0) is 57.0 Å². The van der Waals surface area contributed by atoms with E-state index in [-0.39, 0.29) is 25.0 Å². The molecule has 1 heterocycles. The smallest absolute Gasteiger partial charge is 0.260 e. The first-order chi connectivity index (χ1) is 11.9. The van der Waals surface area contributed by atoms with Crippen LogP contribution in [0.3, 0.4) is 0 Å². The molecule has 2 rings (SSSR count). The summed E-state index contributed by atoms with van der Waals surface area (Å²) in [4.78, 5) is 16.7. The van der Waals surface area contributed by atoms with Crippen LogP contribution in [0.2, 0.25) is 0 Å². The molecule has 25 heavy (non-hydrogen) atoms. The first kappa shape index (κ1) is 19.7. The number of likely N-dealkylation sites (tertiary alicyclic amines) is 1. The van der Waals surface area contributed by atoms with Gasteiger partial charge in [-0.3, -0.25) is 4.79 Å². The van der Waals surface area contributed by atoms with Crippen molar-refractivity contribution in [3.05, 3.63) is 28.8 Å². The molecule has 1 aliphatic rings. The van der Waals surface area contributed by atoms with Gasteiger partial charge in [-0.1, -0.05) is 19.1 Å². The lowest BCUT2D eigenvalue weighted by atomic mass is 9.96. The number of amides is 1. The van der Waals surface area contributed by atoms with E-state index in [1.165, 1.54) is 0 Å². The number of nitrogens with zero attached hydrogens (tertiary/aromatic N) is 2. The van der Waals surface area contributed by atoms with Crippen molar-refractivity contribution in [1.29, 1.82) is 0 Å². The molecule has 1 N–H and O–H groups in total. The SMILES string of the molecule is CCN(C)C[C@@H]1CN(C(=O)COc2c(C)ccc(C)c2C)C[C@@H]1CO. The average molecular weight is 348 g/mol. The Morgan fingerprint density at radius 2 is 1.88 bits per heavy atom. The molecule has 0 radical (unpaired) electrons. The summed E-state index contributed by atoms with van der Waals surface area (Å²) in [5, 5.41) is 9.65. The molecule has 1 saturated heterocycles. The lowest BCUT2D eigenvalue weighted by Gasteiger charge is -2.22. The molecule has 1 aromatic carbocycles. The molecule has 0 aliphatic carbocycles. The van der Waals surface area contributed by atoms with Crippen LogP contribution in [0, 0.1) is 32.6 Å². The normalized spacial score (nSPS) is 20.4. The van der Waals surface area contributed by atoms with Crippen molar-refractivity contribution in [2.75, 3.05) is 46.4 Å². The van der Waals surface area contributed by atoms with Crippen molar-refractivity contribution in [2.24, 2.45) is 11.8 Å². The van der Waals surface area contributed by atoms with Crippen molar-refractivity contribution >= 4 is 5.91 Å². The summed E-state index contributed by atoms with van der Waals surface area (Å²) in [5.41, 5.74) is 3.30. The van der Waals surface area contributed by atoms with E-state index in [9.17, 15) is 9.90 Å². The number of benzene rings is 1. The number of hydrogen-bond acceptors (Lipinski definition) is 4. The van der Waals surface area contributed by atoms with E-state index in [0.717, 1.165) is 35.5 Å². The fourth-order valence-electron chi connectivity index (χ4n) is 3.46. The standard InChI is InChI=1S/C20H32N2O3/c1-6-21(5)9-17-10-22(11-18(17)12-23)19(24)13-25-20-15(3)8-7-14(2)16(20)4/h7-8,17-18,23H,6,9-13H2,1-5H3/t17-,18-/m1/s1. The molecule has 0 aromatic heterocycles. The Morgan fingerprint density at radius 1 is 1.24 bits per heavy atom. The Kier molecular flexibility index (Phi) is 6.85. The van der Waals surface area contributed by atoms with Gasteiger partial charge in [-0.15, -0.1) is 0 Å². The number of carbonyl (C=O) groups excluding carboxylic acids is 1. The first-order valence-electron chi connectivity index (χ1n) is 9.14. The molecule has 1 fully saturated rings. The van der Waals surface area contributed by atoms with Gasteiger partial charge in [0.2, 0.25) is 0 Å². The molecule has 1 aliphatic heterocycles. The van der Waals surface area contributed by atoms with Crippen LogP contribution in [0.25, 0.3) is 0 Å². The Morgan fingerprint density at radius 3 is 2.52 bits per heavy atom. The predicted molar refractivity (Wildman–Crippen MR) is 100.0 cm³/mol. The number of carbonyl (C=O) groups is 1. The third-order valence-electron chi connectivity index (χ3n) is 5.46. The Labute approximate surface area is 151 Å². The molecule has 5 heteroatoms. The molecule has 1 amide bonds. The van der Waals surface area contributed by atoms with Gasteiger partial charge in [0.05, 0.1) is 0 Å². The van der Waals surface area contributed by atoms with Gasteiger partial charge >= 0.3 is 0 Å². The molecule has 1 aromatic rings. The largest absolute Gasteiger partial charge is 0.483 e. The van der Waals surface area contributed by atoms with Crippen LogP contribution in [-0.2, 0) is 4.79 Å². The highest BCUT2D eigenvalue weighted by atomic mass is 16.5. The van der Waals surface area contributed by atoms with Crippen LogP contribution in [0.15, 0.2) is 12.1 Å². The van der Waals surface area contributed by atoms with Gasteiger partial charge in [0.25, 0.3) is 5.91 Å². The lowest BCUT2D eigenvalue weighted by molar-refractivity contribution is -0.132. The summed E-state index contributed by atoms with van der Waals surface area (Å²) in [7, 11) is 2.07. The Bertz CT molecular complexity index is 603. The van der Waals surface area contributed by atoms with E-state index < -0.39 is 0 Å². The quantitative estimate of drug-likeness (QED) is 0.819. The summed E-state index contributed by atoms with van der Waals surface area (Å²) in [5.74, 6) is 1.29. The summed E-state index contributed by atoms with van der Waals surface area (Å²) in [6, 6.07) is 4.09. The minimum absolute atomic E-state index is 0.000377. The van der Waals surface area contributed by atoms with Crippen LogP contribution in [-0.4, -0.2) is 67.3 Å². The zero-order valence-electron chi connectivity index (χ0n) is 16.2. The zero-order valence-corrected chi connectivity index (χ0v) is 16.2. The lowest BCUT2D eigenvalue weighted by Crippen LogP contribution is -2.34. The average Bonchev–Trinajstić information content (AvgIpc) is 3.00. The Hall–Kier alpha value is -1.59. The van der Waals surface area contributed by atoms with E-state index in [1.54, 1.807) is 0 Å². The highest BCUT2D eigenvalue weighted by Gasteiger charge is 2.35. The Balaban J connectivity index is 1.96. The van der Waals surface area contributed by atoms with Crippen molar-refractivity contribution in [3.8, 4) is 5.75 Å². The topological polar surface area (TPSA) is 53.0 Å². The second kappa shape index (κ2) is 8.68. The molecule has 0 saturated carbocycles. The molecular formula is C20H32N2O3. The molecular weight excluding hydrogens is 316 g/mol. The molecule has 0 bridgehead atoms. The van der Waals surface area contributed by atoms with Crippen LogP contribution < -0.4 is 4.74 Å². The number of hydrogen-bond donors (Lipinski definition) is 1. The van der Waals surface area contributed by atoms with Gasteiger partial charge < -0.3 is 19.6 Å². The molecule has 2 atom stereocenters. The van der Waals surface area contributed by atoms with Gasteiger partial charge in [0.15, 0.2) is 6.61 Å². The highest BCUT2D eigenvalue weighted by molar-refractivity contribution is 5.78.